The van der Waals surface area contributed by atoms with E-state index in [9.17, 15) is 9.59 Å². The number of hydrogen-bond acceptors (Lipinski definition) is 5. The van der Waals surface area contributed by atoms with Gasteiger partial charge in [0.15, 0.2) is 5.65 Å². The highest BCUT2D eigenvalue weighted by Gasteiger charge is 2.30. The van der Waals surface area contributed by atoms with Gasteiger partial charge in [-0.2, -0.15) is 5.10 Å². The molecule has 3 aromatic rings. The van der Waals surface area contributed by atoms with Gasteiger partial charge in [-0.1, -0.05) is 12.1 Å². The lowest BCUT2D eigenvalue weighted by Gasteiger charge is -2.32. The molecule has 2 fully saturated rings. The number of piperidine rings is 1. The smallest absolute Gasteiger partial charge is 0.262 e. The number of likely N-dealkylation sites (tertiary alicyclic amines) is 1. The fourth-order valence-electron chi connectivity index (χ4n) is 4.68. The largest absolute Gasteiger partial charge is 0.496 e. The number of ether oxygens (including phenoxy) is 1. The molecule has 3 heterocycles. The fourth-order valence-corrected chi connectivity index (χ4v) is 4.68. The molecule has 0 spiro atoms. The third kappa shape index (κ3) is 3.40. The van der Waals surface area contributed by atoms with Gasteiger partial charge in [0.2, 0.25) is 0 Å². The molecule has 1 saturated carbocycles. The van der Waals surface area contributed by atoms with Crippen LogP contribution in [0.2, 0.25) is 0 Å². The van der Waals surface area contributed by atoms with Gasteiger partial charge in [0.1, 0.15) is 17.0 Å². The number of aromatic amines is 1. The molecule has 8 nitrogen and oxygen atoms in total. The van der Waals surface area contributed by atoms with E-state index in [4.69, 9.17) is 9.72 Å². The van der Waals surface area contributed by atoms with Crippen molar-refractivity contribution in [2.45, 2.75) is 51.0 Å². The van der Waals surface area contributed by atoms with Gasteiger partial charge in [-0.15, -0.1) is 0 Å². The van der Waals surface area contributed by atoms with E-state index >= 15 is 0 Å². The number of nitrogens with one attached hydrogen (secondary N) is 1. The highest BCUT2D eigenvalue weighted by atomic mass is 16.5. The Hall–Kier alpha value is -3.16. The first-order chi connectivity index (χ1) is 15.1. The van der Waals surface area contributed by atoms with Crippen molar-refractivity contribution < 1.29 is 9.53 Å². The second kappa shape index (κ2) is 7.83. The zero-order valence-corrected chi connectivity index (χ0v) is 17.9. The number of aromatic nitrogens is 4. The molecule has 162 valence electrons. The summed E-state index contributed by atoms with van der Waals surface area (Å²) in [5.74, 6) is 1.15. The summed E-state index contributed by atoms with van der Waals surface area (Å²) in [5, 5.41) is 5.19. The van der Waals surface area contributed by atoms with Crippen LogP contribution in [0.4, 0.5) is 0 Å². The van der Waals surface area contributed by atoms with Crippen molar-refractivity contribution in [2.75, 3.05) is 20.2 Å². The lowest BCUT2D eigenvalue weighted by molar-refractivity contribution is 0.0701. The summed E-state index contributed by atoms with van der Waals surface area (Å²) in [7, 11) is 1.57. The molecule has 1 aromatic carbocycles. The second-order valence-corrected chi connectivity index (χ2v) is 8.56. The number of rotatable bonds is 4. The topological polar surface area (TPSA) is 93.1 Å². The highest BCUT2D eigenvalue weighted by molar-refractivity contribution is 5.97. The monoisotopic (exact) mass is 421 g/mol. The van der Waals surface area contributed by atoms with Crippen LogP contribution < -0.4 is 10.3 Å². The van der Waals surface area contributed by atoms with Gasteiger partial charge >= 0.3 is 0 Å². The number of aryl methyl sites for hydroxylation is 1. The Morgan fingerprint density at radius 2 is 2.00 bits per heavy atom. The van der Waals surface area contributed by atoms with E-state index in [1.807, 2.05) is 28.6 Å². The molecule has 1 N–H and O–H groups in total. The summed E-state index contributed by atoms with van der Waals surface area (Å²) < 4.78 is 7.31. The first kappa shape index (κ1) is 19.8. The highest BCUT2D eigenvalue weighted by Crippen LogP contribution is 2.34. The van der Waals surface area contributed by atoms with Gasteiger partial charge in [0.05, 0.1) is 24.4 Å². The molecule has 2 aliphatic rings. The molecule has 2 aromatic heterocycles. The summed E-state index contributed by atoms with van der Waals surface area (Å²) in [6.07, 6.45) is 5.06. The van der Waals surface area contributed by atoms with Crippen molar-refractivity contribution >= 4 is 16.9 Å². The summed E-state index contributed by atoms with van der Waals surface area (Å²) in [6, 6.07) is 7.61. The zero-order chi connectivity index (χ0) is 21.5. The van der Waals surface area contributed by atoms with Gasteiger partial charge in [0, 0.05) is 19.0 Å². The van der Waals surface area contributed by atoms with Crippen molar-refractivity contribution in [3.05, 3.63) is 51.7 Å². The summed E-state index contributed by atoms with van der Waals surface area (Å²) >= 11 is 0. The molecule has 0 bridgehead atoms. The predicted molar refractivity (Wildman–Crippen MR) is 117 cm³/mol. The number of methoxy groups -OCH3 is 1. The number of fused-ring (bicyclic) bond motifs is 1. The molecule has 0 radical (unpaired) electrons. The molecule has 1 unspecified atom stereocenters. The number of amides is 1. The first-order valence-corrected chi connectivity index (χ1v) is 11.0. The van der Waals surface area contributed by atoms with Crippen LogP contribution in [0.25, 0.3) is 11.0 Å². The van der Waals surface area contributed by atoms with E-state index in [1.54, 1.807) is 19.2 Å². The van der Waals surface area contributed by atoms with Crippen LogP contribution in [0, 0.1) is 6.92 Å². The molecular weight excluding hydrogens is 394 g/mol. The normalized spacial score (nSPS) is 19.4. The van der Waals surface area contributed by atoms with Gasteiger partial charge in [-0.05, 0) is 51.2 Å². The molecular formula is C23H27N5O3. The zero-order valence-electron chi connectivity index (χ0n) is 17.9. The Bertz CT molecular complexity index is 1190. The molecule has 1 aliphatic heterocycles. The fraction of sp³-hybridized carbons (Fsp3) is 0.478. The SMILES string of the molecule is COc1ccccc1C(=O)N1CCCC(c2nc3c(c(C)nn3C3CCC3)c(=O)[nH]2)C1. The minimum absolute atomic E-state index is 0.0189. The number of carbonyl (C=O) groups is 1. The quantitative estimate of drug-likeness (QED) is 0.698. The molecule has 8 heteroatoms. The van der Waals surface area contributed by atoms with Crippen molar-refractivity contribution in [3.63, 3.8) is 0 Å². The molecule has 1 saturated heterocycles. The van der Waals surface area contributed by atoms with Crippen LogP contribution in [0.5, 0.6) is 5.75 Å². The molecule has 1 aliphatic carbocycles. The van der Waals surface area contributed by atoms with Gasteiger partial charge < -0.3 is 14.6 Å². The number of hydrogen-bond donors (Lipinski definition) is 1. The van der Waals surface area contributed by atoms with Crippen molar-refractivity contribution in [1.82, 2.24) is 24.6 Å². The Balaban J connectivity index is 1.46. The minimum Gasteiger partial charge on any atom is -0.496 e. The predicted octanol–water partition coefficient (Wildman–Crippen LogP) is 3.18. The van der Waals surface area contributed by atoms with Crippen LogP contribution in [0.1, 0.15) is 65.9 Å². The Morgan fingerprint density at radius 3 is 2.74 bits per heavy atom. The van der Waals surface area contributed by atoms with Crippen LogP contribution >= 0.6 is 0 Å². The summed E-state index contributed by atoms with van der Waals surface area (Å²) in [4.78, 5) is 35.7. The Kier molecular flexibility index (Phi) is 5.00. The average Bonchev–Trinajstić information content (AvgIpc) is 3.08. The second-order valence-electron chi connectivity index (χ2n) is 8.56. The summed E-state index contributed by atoms with van der Waals surface area (Å²) in [6.45, 7) is 3.06. The Morgan fingerprint density at radius 1 is 1.19 bits per heavy atom. The Labute approximate surface area is 180 Å². The third-order valence-corrected chi connectivity index (χ3v) is 6.61. The molecule has 31 heavy (non-hydrogen) atoms. The molecule has 1 atom stereocenters. The van der Waals surface area contributed by atoms with Crippen LogP contribution in [0.15, 0.2) is 29.1 Å². The number of H-pyrrole nitrogens is 1. The van der Waals surface area contributed by atoms with Crippen molar-refractivity contribution in [1.29, 1.82) is 0 Å². The number of nitrogens with zero attached hydrogens (tertiary/aromatic N) is 4. The van der Waals surface area contributed by atoms with Crippen LogP contribution in [0.3, 0.4) is 0 Å². The standard InChI is InChI=1S/C23H27N5O3/c1-14-19-21(28(26-14)16-8-5-9-16)24-20(25-22(19)29)15-7-6-12-27(13-15)23(30)17-10-3-4-11-18(17)31-2/h3-4,10-11,15-16H,5-9,12-13H2,1-2H3,(H,24,25,29). The minimum atomic E-state index is -0.142. The van der Waals surface area contributed by atoms with E-state index in [0.29, 0.717) is 47.3 Å². The molecule has 5 rings (SSSR count). The lowest BCUT2D eigenvalue weighted by Crippen LogP contribution is -2.40. The lowest BCUT2D eigenvalue weighted by atomic mass is 9.93. The average molecular weight is 422 g/mol. The van der Waals surface area contributed by atoms with E-state index < -0.39 is 0 Å². The third-order valence-electron chi connectivity index (χ3n) is 6.61. The van der Waals surface area contributed by atoms with Gasteiger partial charge in [-0.25, -0.2) is 9.67 Å². The van der Waals surface area contributed by atoms with Gasteiger partial charge in [-0.3, -0.25) is 9.59 Å². The maximum Gasteiger partial charge on any atom is 0.262 e. The van der Waals surface area contributed by atoms with Gasteiger partial charge in [0.25, 0.3) is 11.5 Å². The van der Waals surface area contributed by atoms with Crippen LogP contribution in [-0.4, -0.2) is 50.8 Å². The number of carbonyl (C=O) groups excluding carboxylic acids is 1. The number of para-hydroxylation sites is 1. The molecule has 1 amide bonds. The maximum atomic E-state index is 13.2. The number of benzene rings is 1. The van der Waals surface area contributed by atoms with E-state index in [0.717, 1.165) is 31.4 Å². The van der Waals surface area contributed by atoms with Crippen LogP contribution in [-0.2, 0) is 0 Å². The summed E-state index contributed by atoms with van der Waals surface area (Å²) in [5.41, 5.74) is 1.81. The van der Waals surface area contributed by atoms with E-state index in [2.05, 4.69) is 10.1 Å². The van der Waals surface area contributed by atoms with Crippen molar-refractivity contribution in [3.8, 4) is 5.75 Å². The van der Waals surface area contributed by atoms with E-state index in [1.165, 1.54) is 6.42 Å². The maximum absolute atomic E-state index is 13.2. The van der Waals surface area contributed by atoms with E-state index in [-0.39, 0.29) is 17.4 Å². The first-order valence-electron chi connectivity index (χ1n) is 11.0. The van der Waals surface area contributed by atoms with Crippen molar-refractivity contribution in [2.24, 2.45) is 0 Å².